The van der Waals surface area contributed by atoms with E-state index in [-0.39, 0.29) is 6.71 Å². The first-order valence-electron chi connectivity index (χ1n) is 20.9. The van der Waals surface area contributed by atoms with E-state index in [9.17, 15) is 0 Å². The Kier molecular flexibility index (Phi) is 6.70. The van der Waals surface area contributed by atoms with E-state index in [1.807, 2.05) is 0 Å². The fraction of sp³-hybridized carbons (Fsp3) is 0.0909. The Morgan fingerprint density at radius 1 is 0.383 bits per heavy atom. The van der Waals surface area contributed by atoms with Crippen molar-refractivity contribution in [3.63, 3.8) is 0 Å². The maximum Gasteiger partial charge on any atom is 0.247 e. The molecule has 11 aromatic rings. The Morgan fingerprint density at radius 2 is 0.967 bits per heavy atom. The predicted octanol–water partition coefficient (Wildman–Crippen LogP) is 13.4. The molecule has 0 amide bonds. The van der Waals surface area contributed by atoms with Crippen LogP contribution in [0.5, 0.6) is 0 Å². The van der Waals surface area contributed by atoms with E-state index in [1.54, 1.807) is 0 Å². The van der Waals surface area contributed by atoms with Crippen LogP contribution in [0.3, 0.4) is 0 Å². The van der Waals surface area contributed by atoms with Gasteiger partial charge >= 0.3 is 0 Å². The second kappa shape index (κ2) is 11.9. The zero-order valence-corrected chi connectivity index (χ0v) is 34.1. The lowest BCUT2D eigenvalue weighted by Gasteiger charge is -2.45. The molecule has 0 N–H and O–H groups in total. The summed E-state index contributed by atoms with van der Waals surface area (Å²) in [4.78, 5) is 4.93. The van der Waals surface area contributed by atoms with Gasteiger partial charge in [0.25, 0.3) is 0 Å². The third kappa shape index (κ3) is 4.63. The Bertz CT molecular complexity index is 3680. The fourth-order valence-corrected chi connectivity index (χ4v) is 10.8. The molecule has 4 heterocycles. The number of hydrogen-bond donors (Lipinski definition) is 0. The minimum atomic E-state index is -0.00742. The summed E-state index contributed by atoms with van der Waals surface area (Å²) in [6.07, 6.45) is 0. The predicted molar refractivity (Wildman–Crippen MR) is 254 cm³/mol. The number of benzene rings is 9. The average Bonchev–Trinajstić information content (AvgIpc) is 3.77. The highest BCUT2D eigenvalue weighted by molar-refractivity contribution is 6.98. The number of aryl methyl sites for hydroxylation is 5. The molecule has 0 saturated heterocycles. The van der Waals surface area contributed by atoms with E-state index >= 15 is 0 Å². The van der Waals surface area contributed by atoms with Crippen molar-refractivity contribution in [3.05, 3.63) is 173 Å². The summed E-state index contributed by atoms with van der Waals surface area (Å²) in [5, 5.41) is 9.38. The molecule has 0 unspecified atom stereocenters. The van der Waals surface area contributed by atoms with Gasteiger partial charge in [0.15, 0.2) is 0 Å². The van der Waals surface area contributed by atoms with Gasteiger partial charge < -0.3 is 18.6 Å². The summed E-state index contributed by atoms with van der Waals surface area (Å²) in [5.74, 6) is 0. The van der Waals surface area contributed by atoms with Crippen LogP contribution in [0, 0.1) is 34.6 Å². The second-order valence-corrected chi connectivity index (χ2v) is 17.3. The Morgan fingerprint density at radius 3 is 1.65 bits per heavy atom. The van der Waals surface area contributed by atoms with E-state index in [1.165, 1.54) is 71.4 Å². The highest BCUT2D eigenvalue weighted by Gasteiger charge is 2.43. The Balaban J connectivity index is 1.07. The lowest BCUT2D eigenvalue weighted by molar-refractivity contribution is 0.669. The van der Waals surface area contributed by atoms with E-state index in [0.29, 0.717) is 0 Å². The van der Waals surface area contributed by atoms with Gasteiger partial charge in [-0.05, 0) is 122 Å². The van der Waals surface area contributed by atoms with Crippen molar-refractivity contribution in [2.75, 3.05) is 9.80 Å². The maximum absolute atomic E-state index is 6.83. The smallest absolute Gasteiger partial charge is 0.247 e. The molecule has 0 radical (unpaired) electrons. The van der Waals surface area contributed by atoms with Gasteiger partial charge in [-0.15, -0.1) is 0 Å². The summed E-state index contributed by atoms with van der Waals surface area (Å²) < 4.78 is 13.5. The molecule has 0 saturated carbocycles. The number of nitrogens with zero attached hydrogens (tertiary/aromatic N) is 2. The largest absolute Gasteiger partial charge is 0.456 e. The van der Waals surface area contributed by atoms with Crippen molar-refractivity contribution in [1.29, 1.82) is 0 Å². The Labute approximate surface area is 347 Å². The summed E-state index contributed by atoms with van der Waals surface area (Å²) in [7, 11) is 0. The molecular weight excluding hydrogens is 731 g/mol. The van der Waals surface area contributed by atoms with Crippen LogP contribution >= 0.6 is 0 Å². The monoisotopic (exact) mass is 770 g/mol. The van der Waals surface area contributed by atoms with E-state index in [0.717, 1.165) is 72.3 Å². The van der Waals surface area contributed by atoms with Crippen LogP contribution in [0.1, 0.15) is 27.8 Å². The van der Waals surface area contributed by atoms with Crippen LogP contribution in [0.15, 0.2) is 154 Å². The quantitative estimate of drug-likeness (QED) is 0.164. The number of anilines is 6. The van der Waals surface area contributed by atoms with Crippen LogP contribution in [0.25, 0.3) is 65.4 Å². The zero-order chi connectivity index (χ0) is 40.1. The van der Waals surface area contributed by atoms with Gasteiger partial charge in [0, 0.05) is 39.4 Å². The van der Waals surface area contributed by atoms with Crippen LogP contribution < -0.4 is 26.2 Å². The molecule has 0 aliphatic carbocycles. The number of fused-ring (bicyclic) bond motifs is 12. The summed E-state index contributed by atoms with van der Waals surface area (Å²) in [5.41, 5.74) is 20.7. The molecule has 284 valence electrons. The van der Waals surface area contributed by atoms with Gasteiger partial charge in [-0.3, -0.25) is 0 Å². The van der Waals surface area contributed by atoms with Crippen molar-refractivity contribution >= 4 is 123 Å². The van der Waals surface area contributed by atoms with Crippen molar-refractivity contribution in [2.45, 2.75) is 34.6 Å². The number of furan rings is 2. The van der Waals surface area contributed by atoms with Crippen LogP contribution in [0.4, 0.5) is 34.1 Å². The summed E-state index contributed by atoms with van der Waals surface area (Å²) in [6.45, 7) is 11.0. The van der Waals surface area contributed by atoms with Gasteiger partial charge in [-0.2, -0.15) is 0 Å². The highest BCUT2D eigenvalue weighted by atomic mass is 16.3. The highest BCUT2D eigenvalue weighted by Crippen LogP contribution is 2.55. The van der Waals surface area contributed by atoms with Crippen LogP contribution in [-0.2, 0) is 0 Å². The van der Waals surface area contributed by atoms with Gasteiger partial charge in [-0.1, -0.05) is 112 Å². The van der Waals surface area contributed by atoms with Gasteiger partial charge in [-0.25, -0.2) is 0 Å². The first-order chi connectivity index (χ1) is 29.3. The summed E-state index contributed by atoms with van der Waals surface area (Å²) >= 11 is 0. The average molecular weight is 771 g/mol. The lowest BCUT2D eigenvalue weighted by atomic mass is 9.33. The standard InChI is InChI=1S/C55H39BN2O2/c1-30-13-15-35-23-41-40-18-17-39(27-52(40)59-50(41)25-37(35)21-30)57-46-10-6-7-11-47(46)58-49-29-53-43(42-24-36-16-14-31(2)22-38(36)26-51(42)60-53)28-45(49)56(44-9-8-12-48(57)55(44)58)54-33(4)19-32(3)20-34(54)5/h6-29H,1-5H3. The topological polar surface area (TPSA) is 32.8 Å². The Hall–Kier alpha value is -7.24. The molecule has 9 aromatic carbocycles. The van der Waals surface area contributed by atoms with Crippen LogP contribution in [-0.4, -0.2) is 6.71 Å². The van der Waals surface area contributed by atoms with Gasteiger partial charge in [0.2, 0.25) is 6.71 Å². The maximum atomic E-state index is 6.83. The molecule has 0 fully saturated rings. The third-order valence-electron chi connectivity index (χ3n) is 13.3. The number of para-hydroxylation sites is 3. The molecule has 4 nitrogen and oxygen atoms in total. The molecule has 0 bridgehead atoms. The minimum Gasteiger partial charge on any atom is -0.456 e. The molecule has 13 rings (SSSR count). The minimum absolute atomic E-state index is 0.00742. The first kappa shape index (κ1) is 33.7. The molecule has 0 spiro atoms. The normalized spacial score (nSPS) is 13.3. The fourth-order valence-electron chi connectivity index (χ4n) is 10.8. The molecule has 0 atom stereocenters. The van der Waals surface area contributed by atoms with Crippen molar-refractivity contribution < 1.29 is 8.83 Å². The number of rotatable bonds is 2. The molecule has 2 aliphatic rings. The molecule has 2 aliphatic heterocycles. The number of hydrogen-bond acceptors (Lipinski definition) is 4. The van der Waals surface area contributed by atoms with E-state index in [2.05, 4.69) is 190 Å². The zero-order valence-electron chi connectivity index (χ0n) is 34.1. The SMILES string of the molecule is Cc1cc(C)c(B2c3cc4c(cc3N3c5ccccc5N(c5ccc6c(c5)oc5cc7cc(C)ccc7cc56)c5cccc2c53)oc2cc3cc(C)ccc3cc24)c(C)c1. The van der Waals surface area contributed by atoms with E-state index < -0.39 is 0 Å². The molecular formula is C55H39BN2O2. The van der Waals surface area contributed by atoms with Gasteiger partial charge in [0.05, 0.1) is 28.4 Å². The molecule has 60 heavy (non-hydrogen) atoms. The van der Waals surface area contributed by atoms with Crippen molar-refractivity contribution in [2.24, 2.45) is 0 Å². The summed E-state index contributed by atoms with van der Waals surface area (Å²) in [6, 6.07) is 54.1. The van der Waals surface area contributed by atoms with E-state index in [4.69, 9.17) is 8.83 Å². The van der Waals surface area contributed by atoms with Crippen molar-refractivity contribution in [1.82, 2.24) is 0 Å². The third-order valence-corrected chi connectivity index (χ3v) is 13.3. The second-order valence-electron chi connectivity index (χ2n) is 17.3. The first-order valence-corrected chi connectivity index (χ1v) is 20.9. The molecule has 2 aromatic heterocycles. The van der Waals surface area contributed by atoms with Crippen molar-refractivity contribution in [3.8, 4) is 0 Å². The van der Waals surface area contributed by atoms with Crippen LogP contribution in [0.2, 0.25) is 0 Å². The molecule has 5 heteroatoms. The lowest BCUT2D eigenvalue weighted by Crippen LogP contribution is -2.59. The van der Waals surface area contributed by atoms with Gasteiger partial charge in [0.1, 0.15) is 22.3 Å².